The second-order valence-electron chi connectivity index (χ2n) is 5.22. The molecule has 0 radical (unpaired) electrons. The lowest BCUT2D eigenvalue weighted by Gasteiger charge is -2.08. The number of aromatic nitrogens is 3. The van der Waals surface area contributed by atoms with Gasteiger partial charge >= 0.3 is 0 Å². The van der Waals surface area contributed by atoms with Gasteiger partial charge in [0.2, 0.25) is 11.8 Å². The van der Waals surface area contributed by atoms with Gasteiger partial charge in [-0.3, -0.25) is 10.1 Å². The lowest BCUT2D eigenvalue weighted by molar-refractivity contribution is -0.116. The molecule has 3 aromatic rings. The zero-order valence-electron chi connectivity index (χ0n) is 13.1. The van der Waals surface area contributed by atoms with Crippen LogP contribution in [0.3, 0.4) is 0 Å². The average Bonchev–Trinajstić information content (AvgIpc) is 3.15. The molecule has 0 bridgehead atoms. The third kappa shape index (κ3) is 3.15. The van der Waals surface area contributed by atoms with Crippen molar-refractivity contribution in [2.75, 3.05) is 5.32 Å². The Kier molecular flexibility index (Phi) is 4.23. The number of amides is 1. The Hall–Kier alpha value is -2.89. The molecule has 3 rings (SSSR count). The molecule has 23 heavy (non-hydrogen) atoms. The molecule has 1 N–H and O–H groups in total. The Morgan fingerprint density at radius 1 is 1.30 bits per heavy atom. The van der Waals surface area contributed by atoms with Crippen molar-refractivity contribution in [3.05, 3.63) is 54.0 Å². The predicted octanol–water partition coefficient (Wildman–Crippen LogP) is 3.05. The summed E-state index contributed by atoms with van der Waals surface area (Å²) in [6.45, 7) is 4.02. The maximum Gasteiger partial charge on any atom is 0.246 e. The lowest BCUT2D eigenvalue weighted by Crippen LogP contribution is -2.19. The number of rotatable bonds is 5. The van der Waals surface area contributed by atoms with Crippen LogP contribution in [0.5, 0.6) is 0 Å². The minimum atomic E-state index is -0.175. The molecule has 0 fully saturated rings. The van der Waals surface area contributed by atoms with Crippen LogP contribution in [-0.2, 0) is 17.8 Å². The van der Waals surface area contributed by atoms with Gasteiger partial charge in [0.25, 0.3) is 0 Å². The third-order valence-corrected chi connectivity index (χ3v) is 3.65. The number of hydrogen-bond acceptors (Lipinski definition) is 4. The van der Waals surface area contributed by atoms with Crippen LogP contribution in [-0.4, -0.2) is 20.6 Å². The van der Waals surface area contributed by atoms with Gasteiger partial charge < -0.3 is 9.09 Å². The third-order valence-electron chi connectivity index (χ3n) is 3.65. The number of nitrogens with one attached hydrogen (secondary N) is 1. The second-order valence-corrected chi connectivity index (χ2v) is 5.22. The lowest BCUT2D eigenvalue weighted by atomic mass is 10.2. The molecule has 1 amide bonds. The van der Waals surface area contributed by atoms with Crippen molar-refractivity contribution >= 4 is 11.8 Å². The molecule has 0 aliphatic rings. The van der Waals surface area contributed by atoms with E-state index in [0.29, 0.717) is 5.88 Å². The summed E-state index contributed by atoms with van der Waals surface area (Å²) in [5.41, 5.74) is 2.69. The van der Waals surface area contributed by atoms with Gasteiger partial charge in [-0.25, -0.2) is 4.98 Å². The van der Waals surface area contributed by atoms with Gasteiger partial charge in [-0.05, 0) is 13.3 Å². The van der Waals surface area contributed by atoms with Gasteiger partial charge in [0.05, 0.1) is 5.69 Å². The molecule has 6 nitrogen and oxygen atoms in total. The fourth-order valence-electron chi connectivity index (χ4n) is 2.51. The van der Waals surface area contributed by atoms with E-state index >= 15 is 0 Å². The van der Waals surface area contributed by atoms with Crippen molar-refractivity contribution in [1.29, 1.82) is 0 Å². The number of nitrogens with zero attached hydrogens (tertiary/aromatic N) is 3. The first-order valence-electron chi connectivity index (χ1n) is 7.50. The number of carbonyl (C=O) groups is 1. The van der Waals surface area contributed by atoms with Crippen LogP contribution < -0.4 is 5.32 Å². The van der Waals surface area contributed by atoms with Crippen molar-refractivity contribution in [3.63, 3.8) is 0 Å². The molecule has 118 valence electrons. The van der Waals surface area contributed by atoms with E-state index in [0.717, 1.165) is 29.1 Å². The maximum atomic E-state index is 12.3. The monoisotopic (exact) mass is 310 g/mol. The molecular weight excluding hydrogens is 292 g/mol. The SMILES string of the molecule is CCc1c(C)noc1NC(=O)Cn1ccnc1-c1ccccc1. The Labute approximate surface area is 134 Å². The number of anilines is 1. The summed E-state index contributed by atoms with van der Waals surface area (Å²) >= 11 is 0. The molecule has 0 saturated heterocycles. The number of carbonyl (C=O) groups excluding carboxylic acids is 1. The summed E-state index contributed by atoms with van der Waals surface area (Å²) in [7, 11) is 0. The maximum absolute atomic E-state index is 12.3. The van der Waals surface area contributed by atoms with Crippen LogP contribution in [0.4, 0.5) is 5.88 Å². The van der Waals surface area contributed by atoms with Crippen LogP contribution in [0, 0.1) is 6.92 Å². The summed E-state index contributed by atoms with van der Waals surface area (Å²) in [4.78, 5) is 16.6. The molecule has 0 saturated carbocycles. The van der Waals surface area contributed by atoms with E-state index in [2.05, 4.69) is 15.5 Å². The molecule has 2 heterocycles. The summed E-state index contributed by atoms with van der Waals surface area (Å²) in [6, 6.07) is 9.76. The van der Waals surface area contributed by atoms with E-state index in [4.69, 9.17) is 4.52 Å². The Morgan fingerprint density at radius 3 is 2.83 bits per heavy atom. The van der Waals surface area contributed by atoms with Crippen LogP contribution in [0.25, 0.3) is 11.4 Å². The van der Waals surface area contributed by atoms with Gasteiger partial charge in [-0.1, -0.05) is 42.4 Å². The van der Waals surface area contributed by atoms with E-state index in [9.17, 15) is 4.79 Å². The summed E-state index contributed by atoms with van der Waals surface area (Å²) in [5.74, 6) is 1.01. The van der Waals surface area contributed by atoms with Gasteiger partial charge in [0.1, 0.15) is 12.4 Å². The predicted molar refractivity (Wildman–Crippen MR) is 86.9 cm³/mol. The topological polar surface area (TPSA) is 73.0 Å². The van der Waals surface area contributed by atoms with Crippen LogP contribution in [0.15, 0.2) is 47.2 Å². The highest BCUT2D eigenvalue weighted by molar-refractivity contribution is 5.90. The summed E-state index contributed by atoms with van der Waals surface area (Å²) < 4.78 is 6.99. The van der Waals surface area contributed by atoms with E-state index in [1.807, 2.05) is 44.2 Å². The summed E-state index contributed by atoms with van der Waals surface area (Å²) in [6.07, 6.45) is 4.23. The van der Waals surface area contributed by atoms with E-state index in [1.165, 1.54) is 0 Å². The number of benzene rings is 1. The molecule has 6 heteroatoms. The molecule has 1 aromatic carbocycles. The minimum Gasteiger partial charge on any atom is -0.338 e. The van der Waals surface area contributed by atoms with Crippen LogP contribution >= 0.6 is 0 Å². The van der Waals surface area contributed by atoms with Crippen LogP contribution in [0.2, 0.25) is 0 Å². The quantitative estimate of drug-likeness (QED) is 0.786. The zero-order chi connectivity index (χ0) is 16.2. The molecule has 0 spiro atoms. The molecule has 2 aromatic heterocycles. The highest BCUT2D eigenvalue weighted by atomic mass is 16.5. The van der Waals surface area contributed by atoms with Crippen molar-refractivity contribution in [2.24, 2.45) is 0 Å². The van der Waals surface area contributed by atoms with Crippen LogP contribution in [0.1, 0.15) is 18.2 Å². The number of aryl methyl sites for hydroxylation is 1. The number of hydrogen-bond donors (Lipinski definition) is 1. The van der Waals surface area contributed by atoms with E-state index in [1.54, 1.807) is 17.0 Å². The van der Waals surface area contributed by atoms with Crippen molar-refractivity contribution in [3.8, 4) is 11.4 Å². The largest absolute Gasteiger partial charge is 0.338 e. The minimum absolute atomic E-state index is 0.160. The Morgan fingerprint density at radius 2 is 2.09 bits per heavy atom. The molecule has 0 unspecified atom stereocenters. The van der Waals surface area contributed by atoms with Gasteiger partial charge in [-0.15, -0.1) is 0 Å². The fourth-order valence-corrected chi connectivity index (χ4v) is 2.51. The van der Waals surface area contributed by atoms with Gasteiger partial charge in [0.15, 0.2) is 0 Å². The molecule has 0 aliphatic carbocycles. The molecule has 0 aliphatic heterocycles. The standard InChI is InChI=1S/C17H18N4O2/c1-3-14-12(2)20-23-17(14)19-15(22)11-21-10-9-18-16(21)13-7-5-4-6-8-13/h4-10H,3,11H2,1-2H3,(H,19,22). The first-order valence-corrected chi connectivity index (χ1v) is 7.50. The molecular formula is C17H18N4O2. The van der Waals surface area contributed by atoms with Gasteiger partial charge in [0, 0.05) is 23.5 Å². The average molecular weight is 310 g/mol. The van der Waals surface area contributed by atoms with E-state index in [-0.39, 0.29) is 12.5 Å². The zero-order valence-corrected chi connectivity index (χ0v) is 13.1. The Balaban J connectivity index is 1.75. The normalized spacial score (nSPS) is 10.7. The number of imidazole rings is 1. The Bertz CT molecular complexity index is 805. The highest BCUT2D eigenvalue weighted by Crippen LogP contribution is 2.20. The van der Waals surface area contributed by atoms with Crippen molar-refractivity contribution in [2.45, 2.75) is 26.8 Å². The van der Waals surface area contributed by atoms with Gasteiger partial charge in [-0.2, -0.15) is 0 Å². The van der Waals surface area contributed by atoms with E-state index < -0.39 is 0 Å². The fraction of sp³-hybridized carbons (Fsp3) is 0.235. The first-order chi connectivity index (χ1) is 11.2. The summed E-state index contributed by atoms with van der Waals surface area (Å²) in [5, 5.41) is 6.68. The smallest absolute Gasteiger partial charge is 0.246 e. The van der Waals surface area contributed by atoms with Crippen molar-refractivity contribution in [1.82, 2.24) is 14.7 Å². The first kappa shape index (κ1) is 15.0. The second kappa shape index (κ2) is 6.48. The van der Waals surface area contributed by atoms with Crippen molar-refractivity contribution < 1.29 is 9.32 Å². The highest BCUT2D eigenvalue weighted by Gasteiger charge is 2.15. The molecule has 0 atom stereocenters.